The minimum atomic E-state index is -0.566. The van der Waals surface area contributed by atoms with E-state index in [2.05, 4.69) is 10.3 Å². The van der Waals surface area contributed by atoms with Crippen molar-refractivity contribution in [1.82, 2.24) is 14.9 Å². The first-order valence-electron chi connectivity index (χ1n) is 6.04. The van der Waals surface area contributed by atoms with Gasteiger partial charge in [-0.2, -0.15) is 0 Å². The van der Waals surface area contributed by atoms with E-state index in [0.717, 1.165) is 13.1 Å². The van der Waals surface area contributed by atoms with Gasteiger partial charge in [-0.05, 0) is 20.8 Å². The molecule has 100 valence electrons. The van der Waals surface area contributed by atoms with E-state index in [9.17, 15) is 9.90 Å². The van der Waals surface area contributed by atoms with Crippen LogP contribution < -0.4 is 5.32 Å². The predicted molar refractivity (Wildman–Crippen MR) is 65.4 cm³/mol. The van der Waals surface area contributed by atoms with Gasteiger partial charge in [-0.3, -0.25) is 0 Å². The van der Waals surface area contributed by atoms with Gasteiger partial charge >= 0.3 is 6.09 Å². The van der Waals surface area contributed by atoms with E-state index in [1.807, 2.05) is 20.8 Å². The summed E-state index contributed by atoms with van der Waals surface area (Å²) in [5.74, 6) is 0.866. The van der Waals surface area contributed by atoms with Gasteiger partial charge in [0.15, 0.2) is 0 Å². The first kappa shape index (κ1) is 13.0. The molecule has 0 amide bonds. The summed E-state index contributed by atoms with van der Waals surface area (Å²) in [5.41, 5.74) is -0.102. The average Bonchev–Trinajstić information content (AvgIpc) is 2.56. The topological polar surface area (TPSA) is 76.4 Å². The van der Waals surface area contributed by atoms with Crippen LogP contribution in [-0.2, 0) is 11.3 Å². The SMILES string of the molecule is CC(C)(C)OC(=O)n1c(CO)cnc1C1CNC1. The fourth-order valence-corrected chi connectivity index (χ4v) is 1.79. The molecule has 0 spiro atoms. The maximum absolute atomic E-state index is 12.1. The fourth-order valence-electron chi connectivity index (χ4n) is 1.79. The highest BCUT2D eigenvalue weighted by Gasteiger charge is 2.29. The Kier molecular flexibility index (Phi) is 3.41. The van der Waals surface area contributed by atoms with Crippen LogP contribution in [0.15, 0.2) is 6.20 Å². The molecule has 0 unspecified atom stereocenters. The number of rotatable bonds is 2. The standard InChI is InChI=1S/C12H19N3O3/c1-12(2,3)18-11(17)15-9(7-16)6-14-10(15)8-4-13-5-8/h6,8,13,16H,4-5,7H2,1-3H3. The van der Waals surface area contributed by atoms with Crippen molar-refractivity contribution in [3.05, 3.63) is 17.7 Å². The molecule has 18 heavy (non-hydrogen) atoms. The van der Waals surface area contributed by atoms with Gasteiger partial charge < -0.3 is 15.2 Å². The molecule has 2 rings (SSSR count). The quantitative estimate of drug-likeness (QED) is 0.817. The molecule has 2 heterocycles. The van der Waals surface area contributed by atoms with Gasteiger partial charge in [0.25, 0.3) is 0 Å². The third kappa shape index (κ3) is 2.54. The van der Waals surface area contributed by atoms with Gasteiger partial charge in [0, 0.05) is 19.0 Å². The number of hydrogen-bond donors (Lipinski definition) is 2. The van der Waals surface area contributed by atoms with Crippen molar-refractivity contribution in [3.8, 4) is 0 Å². The zero-order valence-electron chi connectivity index (χ0n) is 10.9. The molecule has 0 aromatic carbocycles. The highest BCUT2D eigenvalue weighted by molar-refractivity contribution is 5.72. The van der Waals surface area contributed by atoms with Gasteiger partial charge in [-0.1, -0.05) is 0 Å². The van der Waals surface area contributed by atoms with Crippen LogP contribution in [0.3, 0.4) is 0 Å². The lowest BCUT2D eigenvalue weighted by atomic mass is 10.0. The number of aliphatic hydroxyl groups is 1. The molecular weight excluding hydrogens is 234 g/mol. The van der Waals surface area contributed by atoms with Crippen molar-refractivity contribution in [3.63, 3.8) is 0 Å². The molecule has 0 bridgehead atoms. The first-order chi connectivity index (χ1) is 8.42. The first-order valence-corrected chi connectivity index (χ1v) is 6.04. The third-order valence-electron chi connectivity index (χ3n) is 2.75. The summed E-state index contributed by atoms with van der Waals surface area (Å²) < 4.78 is 6.72. The van der Waals surface area contributed by atoms with Crippen LogP contribution in [0.25, 0.3) is 0 Å². The van der Waals surface area contributed by atoms with Crippen LogP contribution >= 0.6 is 0 Å². The van der Waals surface area contributed by atoms with Gasteiger partial charge in [-0.15, -0.1) is 0 Å². The van der Waals surface area contributed by atoms with Crippen molar-refractivity contribution >= 4 is 6.09 Å². The number of nitrogens with zero attached hydrogens (tertiary/aromatic N) is 2. The normalized spacial score (nSPS) is 16.4. The fraction of sp³-hybridized carbons (Fsp3) is 0.667. The maximum Gasteiger partial charge on any atom is 0.420 e. The number of aromatic nitrogens is 2. The summed E-state index contributed by atoms with van der Waals surface area (Å²) >= 11 is 0. The summed E-state index contributed by atoms with van der Waals surface area (Å²) in [6.07, 6.45) is 1.04. The second kappa shape index (κ2) is 4.70. The summed E-state index contributed by atoms with van der Waals surface area (Å²) in [5, 5.41) is 12.4. The molecule has 0 aliphatic carbocycles. The van der Waals surface area contributed by atoms with Crippen molar-refractivity contribution in [2.75, 3.05) is 13.1 Å². The summed E-state index contributed by atoms with van der Waals surface area (Å²) in [4.78, 5) is 16.4. The number of aliphatic hydroxyl groups excluding tert-OH is 1. The minimum absolute atomic E-state index is 0.206. The zero-order valence-corrected chi connectivity index (χ0v) is 10.9. The number of imidazole rings is 1. The number of carbonyl (C=O) groups is 1. The van der Waals surface area contributed by atoms with Crippen LogP contribution in [0.5, 0.6) is 0 Å². The van der Waals surface area contributed by atoms with Crippen LogP contribution in [0.4, 0.5) is 4.79 Å². The lowest BCUT2D eigenvalue weighted by Gasteiger charge is -2.28. The largest absolute Gasteiger partial charge is 0.443 e. The molecule has 6 nitrogen and oxygen atoms in total. The summed E-state index contributed by atoms with van der Waals surface area (Å²) in [6.45, 7) is 6.79. The summed E-state index contributed by atoms with van der Waals surface area (Å²) in [7, 11) is 0. The van der Waals surface area contributed by atoms with E-state index >= 15 is 0 Å². The van der Waals surface area contributed by atoms with E-state index in [4.69, 9.17) is 4.74 Å². The Bertz CT molecular complexity index is 444. The molecule has 1 aromatic rings. The molecule has 1 aliphatic rings. The Labute approximate surface area is 106 Å². The van der Waals surface area contributed by atoms with E-state index in [1.165, 1.54) is 10.8 Å². The van der Waals surface area contributed by atoms with Gasteiger partial charge in [0.2, 0.25) is 0 Å². The Morgan fingerprint density at radius 1 is 1.61 bits per heavy atom. The molecule has 0 atom stereocenters. The Morgan fingerprint density at radius 3 is 2.72 bits per heavy atom. The predicted octanol–water partition coefficient (Wildman–Crippen LogP) is 0.845. The lowest BCUT2D eigenvalue weighted by Crippen LogP contribution is -2.42. The van der Waals surface area contributed by atoms with E-state index in [1.54, 1.807) is 0 Å². The monoisotopic (exact) mass is 253 g/mol. The van der Waals surface area contributed by atoms with Crippen molar-refractivity contribution in [2.45, 2.75) is 38.9 Å². The van der Waals surface area contributed by atoms with E-state index in [0.29, 0.717) is 11.5 Å². The molecule has 1 saturated heterocycles. The molecule has 1 fully saturated rings. The number of ether oxygens (including phenoxy) is 1. The zero-order chi connectivity index (χ0) is 13.3. The average molecular weight is 253 g/mol. The highest BCUT2D eigenvalue weighted by Crippen LogP contribution is 2.21. The molecule has 6 heteroatoms. The molecule has 0 radical (unpaired) electrons. The number of nitrogens with one attached hydrogen (secondary N) is 1. The lowest BCUT2D eigenvalue weighted by molar-refractivity contribution is 0.0516. The smallest absolute Gasteiger partial charge is 0.420 e. The Morgan fingerprint density at radius 2 is 2.28 bits per heavy atom. The number of carbonyl (C=O) groups excluding carboxylic acids is 1. The van der Waals surface area contributed by atoms with Gasteiger partial charge in [0.05, 0.1) is 18.5 Å². The molecular formula is C12H19N3O3. The van der Waals surface area contributed by atoms with Crippen molar-refractivity contribution < 1.29 is 14.6 Å². The summed E-state index contributed by atoms with van der Waals surface area (Å²) in [6, 6.07) is 0. The van der Waals surface area contributed by atoms with Crippen molar-refractivity contribution in [1.29, 1.82) is 0 Å². The molecule has 2 N–H and O–H groups in total. The van der Waals surface area contributed by atoms with Crippen molar-refractivity contribution in [2.24, 2.45) is 0 Å². The van der Waals surface area contributed by atoms with Crippen LogP contribution in [-0.4, -0.2) is 39.4 Å². The highest BCUT2D eigenvalue weighted by atomic mass is 16.6. The second-order valence-electron chi connectivity index (χ2n) is 5.44. The van der Waals surface area contributed by atoms with Gasteiger partial charge in [-0.25, -0.2) is 14.3 Å². The number of hydrogen-bond acceptors (Lipinski definition) is 5. The van der Waals surface area contributed by atoms with E-state index in [-0.39, 0.29) is 12.5 Å². The Balaban J connectivity index is 2.28. The second-order valence-corrected chi connectivity index (χ2v) is 5.44. The minimum Gasteiger partial charge on any atom is -0.443 e. The molecule has 1 aromatic heterocycles. The van der Waals surface area contributed by atoms with Gasteiger partial charge in [0.1, 0.15) is 11.4 Å². The molecule has 0 saturated carbocycles. The van der Waals surface area contributed by atoms with Crippen LogP contribution in [0.1, 0.15) is 38.2 Å². The maximum atomic E-state index is 12.1. The van der Waals surface area contributed by atoms with Crippen LogP contribution in [0.2, 0.25) is 0 Å². The Hall–Kier alpha value is -1.40. The van der Waals surface area contributed by atoms with E-state index < -0.39 is 11.7 Å². The molecule has 1 aliphatic heterocycles. The van der Waals surface area contributed by atoms with Crippen LogP contribution in [0, 0.1) is 0 Å². The third-order valence-corrected chi connectivity index (χ3v) is 2.75.